The lowest BCUT2D eigenvalue weighted by molar-refractivity contribution is -0.0585. The molecule has 4 rings (SSSR count). The topological polar surface area (TPSA) is 45.3 Å². The molecule has 1 aromatic heterocycles. The van der Waals surface area contributed by atoms with Crippen LogP contribution in [0.5, 0.6) is 0 Å². The Bertz CT molecular complexity index is 754. The van der Waals surface area contributed by atoms with Crippen LogP contribution in [-0.4, -0.2) is 41.1 Å². The molecule has 1 N–H and O–H groups in total. The second kappa shape index (κ2) is 6.25. The number of nitrogens with zero attached hydrogens (tertiary/aromatic N) is 1. The summed E-state index contributed by atoms with van der Waals surface area (Å²) in [4.78, 5) is 18.7. The number of carbonyl (C=O) groups excluding carboxylic acids is 1. The number of rotatable bonds is 1. The number of aryl methyl sites for hydroxylation is 2. The summed E-state index contributed by atoms with van der Waals surface area (Å²) in [5.74, 6) is 0.124. The number of carbonyl (C=O) groups is 1. The fourth-order valence-electron chi connectivity index (χ4n) is 4.30. The van der Waals surface area contributed by atoms with Gasteiger partial charge in [-0.15, -0.1) is 0 Å². The SMILES string of the molecule is C[C@@H]1CN(C(=O)c2cccc3c4c([nH]c23)CCCCC4)C[C@H](C)O1. The van der Waals surface area contributed by atoms with Gasteiger partial charge in [0, 0.05) is 24.2 Å². The van der Waals surface area contributed by atoms with Crippen molar-refractivity contribution in [2.75, 3.05) is 13.1 Å². The van der Waals surface area contributed by atoms with Crippen molar-refractivity contribution in [1.82, 2.24) is 9.88 Å². The van der Waals surface area contributed by atoms with Crippen molar-refractivity contribution in [2.45, 2.75) is 58.2 Å². The van der Waals surface area contributed by atoms with Gasteiger partial charge in [0.25, 0.3) is 5.91 Å². The van der Waals surface area contributed by atoms with Crippen LogP contribution in [-0.2, 0) is 17.6 Å². The van der Waals surface area contributed by atoms with E-state index in [9.17, 15) is 4.79 Å². The number of aromatic nitrogens is 1. The summed E-state index contributed by atoms with van der Waals surface area (Å²) in [5, 5.41) is 1.24. The van der Waals surface area contributed by atoms with Gasteiger partial charge in [0.05, 0.1) is 23.3 Å². The standard InChI is InChI=1S/C20H26N2O2/c1-13-11-22(12-14(2)24-13)20(23)17-9-6-8-16-15-7-4-3-5-10-18(15)21-19(16)17/h6,8-9,13-14,21H,3-5,7,10-12H2,1-2H3/t13-,14+. The number of benzene rings is 1. The highest BCUT2D eigenvalue weighted by molar-refractivity contribution is 6.06. The average Bonchev–Trinajstić information content (AvgIpc) is 2.75. The lowest BCUT2D eigenvalue weighted by Gasteiger charge is -2.35. The highest BCUT2D eigenvalue weighted by atomic mass is 16.5. The van der Waals surface area contributed by atoms with Gasteiger partial charge in [-0.25, -0.2) is 0 Å². The molecule has 1 amide bonds. The second-order valence-electron chi connectivity index (χ2n) is 7.34. The molecule has 4 nitrogen and oxygen atoms in total. The number of H-pyrrole nitrogens is 1. The molecule has 1 saturated heterocycles. The Hall–Kier alpha value is -1.81. The van der Waals surface area contributed by atoms with Crippen molar-refractivity contribution >= 4 is 16.8 Å². The van der Waals surface area contributed by atoms with E-state index in [0.717, 1.165) is 23.9 Å². The summed E-state index contributed by atoms with van der Waals surface area (Å²) < 4.78 is 5.77. The van der Waals surface area contributed by atoms with Crippen molar-refractivity contribution in [3.05, 3.63) is 35.0 Å². The first kappa shape index (κ1) is 15.7. The Balaban J connectivity index is 1.73. The van der Waals surface area contributed by atoms with E-state index in [2.05, 4.69) is 11.1 Å². The molecule has 2 heterocycles. The molecular weight excluding hydrogens is 300 g/mol. The number of ether oxygens (including phenoxy) is 1. The van der Waals surface area contributed by atoms with Crippen LogP contribution in [0, 0.1) is 0 Å². The summed E-state index contributed by atoms with van der Waals surface area (Å²) in [6, 6.07) is 6.16. The lowest BCUT2D eigenvalue weighted by atomic mass is 10.0. The first-order valence-corrected chi connectivity index (χ1v) is 9.20. The van der Waals surface area contributed by atoms with Crippen LogP contribution in [0.3, 0.4) is 0 Å². The largest absolute Gasteiger partial charge is 0.372 e. The van der Waals surface area contributed by atoms with Crippen molar-refractivity contribution in [3.8, 4) is 0 Å². The van der Waals surface area contributed by atoms with Crippen LogP contribution in [0.1, 0.15) is 54.7 Å². The number of nitrogens with one attached hydrogen (secondary N) is 1. The zero-order valence-electron chi connectivity index (χ0n) is 14.6. The minimum Gasteiger partial charge on any atom is -0.372 e. The van der Waals surface area contributed by atoms with Gasteiger partial charge in [0.1, 0.15) is 0 Å². The highest BCUT2D eigenvalue weighted by Gasteiger charge is 2.28. The van der Waals surface area contributed by atoms with Crippen LogP contribution in [0.15, 0.2) is 18.2 Å². The predicted molar refractivity (Wildman–Crippen MR) is 95.5 cm³/mol. The third kappa shape index (κ3) is 2.73. The Morgan fingerprint density at radius 1 is 1.12 bits per heavy atom. The van der Waals surface area contributed by atoms with Crippen molar-refractivity contribution in [3.63, 3.8) is 0 Å². The average molecular weight is 326 g/mol. The van der Waals surface area contributed by atoms with Crippen LogP contribution in [0.4, 0.5) is 0 Å². The zero-order valence-corrected chi connectivity index (χ0v) is 14.6. The van der Waals surface area contributed by atoms with E-state index >= 15 is 0 Å². The molecule has 0 unspecified atom stereocenters. The molecular formula is C20H26N2O2. The maximum Gasteiger partial charge on any atom is 0.256 e. The smallest absolute Gasteiger partial charge is 0.256 e. The molecule has 1 fully saturated rings. The fraction of sp³-hybridized carbons (Fsp3) is 0.550. The number of hydrogen-bond donors (Lipinski definition) is 1. The summed E-state index contributed by atoms with van der Waals surface area (Å²) in [7, 11) is 0. The number of aromatic amines is 1. The van der Waals surface area contributed by atoms with Crippen molar-refractivity contribution in [1.29, 1.82) is 0 Å². The monoisotopic (exact) mass is 326 g/mol. The molecule has 1 aromatic carbocycles. The van der Waals surface area contributed by atoms with E-state index in [0.29, 0.717) is 13.1 Å². The van der Waals surface area contributed by atoms with E-state index in [1.807, 2.05) is 30.9 Å². The molecule has 2 aliphatic rings. The van der Waals surface area contributed by atoms with Gasteiger partial charge < -0.3 is 14.6 Å². The molecule has 0 saturated carbocycles. The summed E-state index contributed by atoms with van der Waals surface area (Å²) in [5.41, 5.74) is 4.61. The maximum absolute atomic E-state index is 13.1. The predicted octanol–water partition coefficient (Wildman–Crippen LogP) is 3.69. The second-order valence-corrected chi connectivity index (χ2v) is 7.34. The molecule has 4 heteroatoms. The number of hydrogen-bond acceptors (Lipinski definition) is 2. The molecule has 1 aliphatic carbocycles. The Morgan fingerprint density at radius 3 is 2.67 bits per heavy atom. The van der Waals surface area contributed by atoms with Gasteiger partial charge in [0.15, 0.2) is 0 Å². The number of morpholine rings is 1. The normalized spacial score (nSPS) is 24.7. The van der Waals surface area contributed by atoms with Crippen LogP contribution in [0.2, 0.25) is 0 Å². The lowest BCUT2D eigenvalue weighted by Crippen LogP contribution is -2.48. The molecule has 1 aliphatic heterocycles. The molecule has 2 atom stereocenters. The molecule has 128 valence electrons. The first-order chi connectivity index (χ1) is 11.6. The van der Waals surface area contributed by atoms with E-state index in [1.165, 1.54) is 35.9 Å². The van der Waals surface area contributed by atoms with Gasteiger partial charge >= 0.3 is 0 Å². The zero-order chi connectivity index (χ0) is 16.7. The number of fused-ring (bicyclic) bond motifs is 3. The summed E-state index contributed by atoms with van der Waals surface area (Å²) in [6.45, 7) is 5.40. The molecule has 24 heavy (non-hydrogen) atoms. The summed E-state index contributed by atoms with van der Waals surface area (Å²) >= 11 is 0. The van der Waals surface area contributed by atoms with Gasteiger partial charge in [-0.3, -0.25) is 4.79 Å². The van der Waals surface area contributed by atoms with E-state index in [-0.39, 0.29) is 18.1 Å². The molecule has 0 radical (unpaired) electrons. The van der Waals surface area contributed by atoms with Gasteiger partial charge in [-0.1, -0.05) is 18.6 Å². The summed E-state index contributed by atoms with van der Waals surface area (Å²) in [6.07, 6.45) is 6.20. The third-order valence-corrected chi connectivity index (χ3v) is 5.32. The Kier molecular flexibility index (Phi) is 4.09. The van der Waals surface area contributed by atoms with E-state index in [4.69, 9.17) is 4.74 Å². The van der Waals surface area contributed by atoms with E-state index in [1.54, 1.807) is 0 Å². The first-order valence-electron chi connectivity index (χ1n) is 9.20. The maximum atomic E-state index is 13.1. The van der Waals surface area contributed by atoms with E-state index < -0.39 is 0 Å². The molecule has 0 spiro atoms. The van der Waals surface area contributed by atoms with Crippen molar-refractivity contribution < 1.29 is 9.53 Å². The van der Waals surface area contributed by atoms with Crippen molar-refractivity contribution in [2.24, 2.45) is 0 Å². The Morgan fingerprint density at radius 2 is 1.88 bits per heavy atom. The van der Waals surface area contributed by atoms with Gasteiger partial charge in [-0.05, 0) is 51.2 Å². The Labute approximate surface area is 143 Å². The number of para-hydroxylation sites is 1. The van der Waals surface area contributed by atoms with Crippen LogP contribution >= 0.6 is 0 Å². The fourth-order valence-corrected chi connectivity index (χ4v) is 4.30. The number of amides is 1. The molecule has 0 bridgehead atoms. The van der Waals surface area contributed by atoms with Crippen LogP contribution < -0.4 is 0 Å². The minimum atomic E-state index is 0.0947. The van der Waals surface area contributed by atoms with Gasteiger partial charge in [0.2, 0.25) is 0 Å². The minimum absolute atomic E-state index is 0.0947. The third-order valence-electron chi connectivity index (χ3n) is 5.32. The molecule has 2 aromatic rings. The van der Waals surface area contributed by atoms with Crippen LogP contribution in [0.25, 0.3) is 10.9 Å². The highest BCUT2D eigenvalue weighted by Crippen LogP contribution is 2.31. The van der Waals surface area contributed by atoms with Gasteiger partial charge in [-0.2, -0.15) is 0 Å². The quantitative estimate of drug-likeness (QED) is 0.813.